The van der Waals surface area contributed by atoms with E-state index in [4.69, 9.17) is 39.5 Å². The van der Waals surface area contributed by atoms with Crippen LogP contribution in [0.2, 0.25) is 15.1 Å². The first-order valence-electron chi connectivity index (χ1n) is 9.72. The molecule has 0 aliphatic carbocycles. The highest BCUT2D eigenvalue weighted by Gasteiger charge is 2.15. The summed E-state index contributed by atoms with van der Waals surface area (Å²) >= 11 is 18.9. The van der Waals surface area contributed by atoms with E-state index in [1.807, 2.05) is 61.5 Å². The van der Waals surface area contributed by atoms with E-state index in [1.165, 1.54) is 6.08 Å². The number of carbonyl (C=O) groups excluding carboxylic acids is 1. The average Bonchev–Trinajstić information content (AvgIpc) is 2.78. The Balaban J connectivity index is 1.75. The molecule has 0 heterocycles. The topological polar surface area (TPSA) is 62.1 Å². The first-order valence-corrected chi connectivity index (χ1v) is 10.8. The van der Waals surface area contributed by atoms with E-state index in [9.17, 15) is 10.1 Å². The van der Waals surface area contributed by atoms with Crippen molar-refractivity contribution >= 4 is 46.8 Å². The standard InChI is InChI=1S/C25H19Cl3N2O2/c1-16(18-7-3-2-4-8-18)30-25(31)20(14-29)11-17-12-22(27)24(23(28)13-17)32-15-19-9-5-6-10-21(19)26/h2-13,16H,15H2,1H3,(H,30,31)/b20-11-/t16-/m1/s1. The van der Waals surface area contributed by atoms with Crippen LogP contribution in [-0.4, -0.2) is 5.91 Å². The number of carbonyl (C=O) groups is 1. The Morgan fingerprint density at radius 1 is 1.03 bits per heavy atom. The van der Waals surface area contributed by atoms with E-state index in [0.717, 1.165) is 11.1 Å². The summed E-state index contributed by atoms with van der Waals surface area (Å²) in [6.45, 7) is 2.04. The molecule has 162 valence electrons. The molecule has 0 aliphatic rings. The lowest BCUT2D eigenvalue weighted by Crippen LogP contribution is -2.27. The molecular weight excluding hydrogens is 467 g/mol. The van der Waals surface area contributed by atoms with Crippen LogP contribution >= 0.6 is 34.8 Å². The van der Waals surface area contributed by atoms with Gasteiger partial charge in [0.25, 0.3) is 5.91 Å². The van der Waals surface area contributed by atoms with E-state index in [0.29, 0.717) is 16.3 Å². The molecule has 32 heavy (non-hydrogen) atoms. The molecule has 4 nitrogen and oxygen atoms in total. The van der Waals surface area contributed by atoms with Crippen molar-refractivity contribution in [1.82, 2.24) is 5.32 Å². The Labute approximate surface area is 202 Å². The largest absolute Gasteiger partial charge is 0.486 e. The summed E-state index contributed by atoms with van der Waals surface area (Å²) in [5.41, 5.74) is 2.17. The third kappa shape index (κ3) is 6.05. The Bertz CT molecular complexity index is 1160. The van der Waals surface area contributed by atoms with Gasteiger partial charge in [0.2, 0.25) is 0 Å². The van der Waals surface area contributed by atoms with Crippen LogP contribution in [0.5, 0.6) is 5.75 Å². The van der Waals surface area contributed by atoms with E-state index in [1.54, 1.807) is 18.2 Å². The van der Waals surface area contributed by atoms with Gasteiger partial charge in [-0.25, -0.2) is 0 Å². The van der Waals surface area contributed by atoms with Crippen molar-refractivity contribution in [3.8, 4) is 11.8 Å². The van der Waals surface area contributed by atoms with E-state index in [2.05, 4.69) is 5.32 Å². The van der Waals surface area contributed by atoms with Crippen LogP contribution in [0.25, 0.3) is 6.08 Å². The van der Waals surface area contributed by atoms with Crippen LogP contribution in [-0.2, 0) is 11.4 Å². The lowest BCUT2D eigenvalue weighted by Gasteiger charge is -2.14. The number of hydrogen-bond donors (Lipinski definition) is 1. The first kappa shape index (κ1) is 23.7. The zero-order chi connectivity index (χ0) is 23.1. The van der Waals surface area contributed by atoms with Crippen LogP contribution < -0.4 is 10.1 Å². The summed E-state index contributed by atoms with van der Waals surface area (Å²) in [6, 6.07) is 21.6. The van der Waals surface area contributed by atoms with Crippen molar-refractivity contribution in [1.29, 1.82) is 5.26 Å². The number of benzene rings is 3. The fourth-order valence-electron chi connectivity index (χ4n) is 2.98. The van der Waals surface area contributed by atoms with Gasteiger partial charge in [-0.15, -0.1) is 0 Å². The highest BCUT2D eigenvalue weighted by molar-refractivity contribution is 6.37. The summed E-state index contributed by atoms with van der Waals surface area (Å²) < 4.78 is 5.76. The minimum absolute atomic E-state index is 0.0651. The molecule has 3 aromatic carbocycles. The predicted octanol–water partition coefficient (Wildman–Crippen LogP) is 7.01. The van der Waals surface area contributed by atoms with Gasteiger partial charge >= 0.3 is 0 Å². The summed E-state index contributed by atoms with van der Waals surface area (Å²) in [7, 11) is 0. The van der Waals surface area contributed by atoms with Crippen LogP contribution in [0.3, 0.4) is 0 Å². The highest BCUT2D eigenvalue weighted by atomic mass is 35.5. The van der Waals surface area contributed by atoms with Gasteiger partial charge in [0, 0.05) is 10.6 Å². The Morgan fingerprint density at radius 2 is 1.66 bits per heavy atom. The molecular formula is C25H19Cl3N2O2. The SMILES string of the molecule is C[C@@H](NC(=O)/C(C#N)=C\c1cc(Cl)c(OCc2ccccc2Cl)c(Cl)c1)c1ccccc1. The molecule has 1 atom stereocenters. The lowest BCUT2D eigenvalue weighted by molar-refractivity contribution is -0.117. The second-order valence-electron chi connectivity index (χ2n) is 6.97. The van der Waals surface area contributed by atoms with E-state index < -0.39 is 5.91 Å². The molecule has 0 aromatic heterocycles. The third-order valence-corrected chi connectivity index (χ3v) is 5.60. The molecule has 0 aliphatic heterocycles. The van der Waals surface area contributed by atoms with Crippen molar-refractivity contribution in [3.63, 3.8) is 0 Å². The summed E-state index contributed by atoms with van der Waals surface area (Å²) in [4.78, 5) is 12.6. The smallest absolute Gasteiger partial charge is 0.262 e. The van der Waals surface area contributed by atoms with Gasteiger partial charge in [0.1, 0.15) is 18.2 Å². The molecule has 3 rings (SSSR count). The molecule has 0 spiro atoms. The maximum Gasteiger partial charge on any atom is 0.262 e. The number of ether oxygens (including phenoxy) is 1. The fourth-order valence-corrected chi connectivity index (χ4v) is 3.78. The molecule has 1 N–H and O–H groups in total. The van der Waals surface area contributed by atoms with Crippen molar-refractivity contribution in [3.05, 3.63) is 104 Å². The highest BCUT2D eigenvalue weighted by Crippen LogP contribution is 2.36. The average molecular weight is 486 g/mol. The minimum Gasteiger partial charge on any atom is -0.486 e. The molecule has 3 aromatic rings. The molecule has 1 amide bonds. The number of rotatable bonds is 7. The zero-order valence-corrected chi connectivity index (χ0v) is 19.4. The predicted molar refractivity (Wildman–Crippen MR) is 129 cm³/mol. The van der Waals surface area contributed by atoms with Gasteiger partial charge in [-0.2, -0.15) is 5.26 Å². The number of nitrogens with zero attached hydrogens (tertiary/aromatic N) is 1. The van der Waals surface area contributed by atoms with E-state index in [-0.39, 0.29) is 28.3 Å². The molecule has 0 saturated heterocycles. The van der Waals surface area contributed by atoms with Crippen LogP contribution in [0.4, 0.5) is 0 Å². The maximum absolute atomic E-state index is 12.6. The number of hydrogen-bond acceptors (Lipinski definition) is 3. The summed E-state index contributed by atoms with van der Waals surface area (Å²) in [6.07, 6.45) is 1.43. The van der Waals surface area contributed by atoms with Crippen molar-refractivity contribution in [2.75, 3.05) is 0 Å². The summed E-state index contributed by atoms with van der Waals surface area (Å²) in [5, 5.41) is 13.4. The van der Waals surface area contributed by atoms with Crippen LogP contribution in [0.1, 0.15) is 29.7 Å². The van der Waals surface area contributed by atoms with Crippen molar-refractivity contribution in [2.24, 2.45) is 0 Å². The number of nitrogens with one attached hydrogen (secondary N) is 1. The molecule has 0 bridgehead atoms. The third-order valence-electron chi connectivity index (χ3n) is 4.67. The second kappa shape index (κ2) is 11.1. The Morgan fingerprint density at radius 3 is 2.28 bits per heavy atom. The minimum atomic E-state index is -0.491. The van der Waals surface area contributed by atoms with Gasteiger partial charge in [0.15, 0.2) is 5.75 Å². The normalized spacial score (nSPS) is 12.0. The molecule has 0 radical (unpaired) electrons. The van der Waals surface area contributed by atoms with Gasteiger partial charge in [-0.3, -0.25) is 4.79 Å². The molecule has 0 saturated carbocycles. The number of amides is 1. The monoisotopic (exact) mass is 484 g/mol. The maximum atomic E-state index is 12.6. The number of halogens is 3. The quantitative estimate of drug-likeness (QED) is 0.289. The van der Waals surface area contributed by atoms with Gasteiger partial charge < -0.3 is 10.1 Å². The molecule has 7 heteroatoms. The Kier molecular flexibility index (Phi) is 8.19. The van der Waals surface area contributed by atoms with Gasteiger partial charge in [-0.1, -0.05) is 83.3 Å². The van der Waals surface area contributed by atoms with Crippen molar-refractivity contribution < 1.29 is 9.53 Å². The van der Waals surface area contributed by atoms with Gasteiger partial charge in [-0.05, 0) is 42.3 Å². The fraction of sp³-hybridized carbons (Fsp3) is 0.120. The number of nitriles is 1. The first-order chi connectivity index (χ1) is 15.4. The molecule has 0 unspecified atom stereocenters. The van der Waals surface area contributed by atoms with Crippen LogP contribution in [0.15, 0.2) is 72.3 Å². The van der Waals surface area contributed by atoms with Crippen LogP contribution in [0, 0.1) is 11.3 Å². The van der Waals surface area contributed by atoms with Gasteiger partial charge in [0.05, 0.1) is 16.1 Å². The Hall–Kier alpha value is -2.97. The summed E-state index contributed by atoms with van der Waals surface area (Å²) in [5.74, 6) is -0.193. The zero-order valence-electron chi connectivity index (χ0n) is 17.1. The lowest BCUT2D eigenvalue weighted by atomic mass is 10.1. The van der Waals surface area contributed by atoms with Crippen molar-refractivity contribution in [2.45, 2.75) is 19.6 Å². The van der Waals surface area contributed by atoms with E-state index >= 15 is 0 Å². The molecule has 0 fully saturated rings. The second-order valence-corrected chi connectivity index (χ2v) is 8.19.